The summed E-state index contributed by atoms with van der Waals surface area (Å²) in [5.41, 5.74) is 7.97. The van der Waals surface area contributed by atoms with Crippen molar-refractivity contribution in [2.24, 2.45) is 11.7 Å². The molecule has 1 aliphatic heterocycles. The fourth-order valence-electron chi connectivity index (χ4n) is 3.71. The van der Waals surface area contributed by atoms with Crippen LogP contribution >= 0.6 is 0 Å². The molecule has 1 fully saturated rings. The number of anilines is 1. The van der Waals surface area contributed by atoms with Gasteiger partial charge in [0.15, 0.2) is 5.82 Å². The number of aryl methyl sites for hydroxylation is 1. The standard InChI is InChI=1S/C20H25N7O/c1-14-9-19(23-20(22-14)17-6-2-3-7-18(17)28)26-8-4-5-15(11-26)12-27-13-16(10-21)24-25-27/h2-3,6-7,9,13,15,28H,4-5,8,10-12,21H2,1H3. The molecule has 0 bridgehead atoms. The predicted molar refractivity (Wildman–Crippen MR) is 107 cm³/mol. The summed E-state index contributed by atoms with van der Waals surface area (Å²) in [6.45, 7) is 5.04. The van der Waals surface area contributed by atoms with Crippen molar-refractivity contribution in [2.45, 2.75) is 32.9 Å². The Kier molecular flexibility index (Phi) is 5.21. The van der Waals surface area contributed by atoms with Gasteiger partial charge in [-0.25, -0.2) is 9.97 Å². The third-order valence-electron chi connectivity index (χ3n) is 5.07. The lowest BCUT2D eigenvalue weighted by molar-refractivity contribution is 0.347. The van der Waals surface area contributed by atoms with E-state index in [9.17, 15) is 5.11 Å². The Balaban J connectivity index is 1.54. The maximum absolute atomic E-state index is 10.2. The van der Waals surface area contributed by atoms with E-state index < -0.39 is 0 Å². The van der Waals surface area contributed by atoms with Crippen molar-refractivity contribution in [3.63, 3.8) is 0 Å². The highest BCUT2D eigenvalue weighted by Crippen LogP contribution is 2.29. The molecule has 28 heavy (non-hydrogen) atoms. The summed E-state index contributed by atoms with van der Waals surface area (Å²) in [6.07, 6.45) is 4.16. The van der Waals surface area contributed by atoms with E-state index in [1.165, 1.54) is 0 Å². The Morgan fingerprint density at radius 3 is 2.89 bits per heavy atom. The molecule has 8 nitrogen and oxygen atoms in total. The minimum atomic E-state index is 0.192. The fraction of sp³-hybridized carbons (Fsp3) is 0.400. The van der Waals surface area contributed by atoms with E-state index >= 15 is 0 Å². The van der Waals surface area contributed by atoms with E-state index in [1.54, 1.807) is 12.1 Å². The van der Waals surface area contributed by atoms with Gasteiger partial charge in [0.1, 0.15) is 11.6 Å². The monoisotopic (exact) mass is 379 g/mol. The van der Waals surface area contributed by atoms with Crippen LogP contribution in [0.3, 0.4) is 0 Å². The number of benzene rings is 1. The van der Waals surface area contributed by atoms with Gasteiger partial charge in [0.25, 0.3) is 0 Å². The zero-order chi connectivity index (χ0) is 19.5. The van der Waals surface area contributed by atoms with Gasteiger partial charge in [0.2, 0.25) is 0 Å². The Bertz CT molecular complexity index is 955. The van der Waals surface area contributed by atoms with Gasteiger partial charge in [-0.2, -0.15) is 0 Å². The number of para-hydroxylation sites is 1. The lowest BCUT2D eigenvalue weighted by Crippen LogP contribution is -2.37. The first kappa shape index (κ1) is 18.4. The molecule has 3 aromatic rings. The largest absolute Gasteiger partial charge is 0.507 e. The first-order valence-corrected chi connectivity index (χ1v) is 9.60. The van der Waals surface area contributed by atoms with Gasteiger partial charge in [-0.05, 0) is 37.8 Å². The fourth-order valence-corrected chi connectivity index (χ4v) is 3.71. The van der Waals surface area contributed by atoms with Gasteiger partial charge < -0.3 is 15.7 Å². The molecule has 1 unspecified atom stereocenters. The molecule has 4 rings (SSSR count). The molecule has 1 atom stereocenters. The van der Waals surface area contributed by atoms with Crippen LogP contribution in [-0.4, -0.2) is 43.2 Å². The van der Waals surface area contributed by atoms with Crippen molar-refractivity contribution in [1.29, 1.82) is 0 Å². The summed E-state index contributed by atoms with van der Waals surface area (Å²) in [5, 5.41) is 18.4. The average molecular weight is 379 g/mol. The highest BCUT2D eigenvalue weighted by molar-refractivity contribution is 5.65. The summed E-state index contributed by atoms with van der Waals surface area (Å²) in [4.78, 5) is 11.6. The number of hydrogen-bond acceptors (Lipinski definition) is 7. The van der Waals surface area contributed by atoms with Crippen molar-refractivity contribution < 1.29 is 5.11 Å². The Morgan fingerprint density at radius 2 is 2.11 bits per heavy atom. The number of aromatic nitrogens is 5. The second kappa shape index (κ2) is 7.93. The lowest BCUT2D eigenvalue weighted by atomic mass is 9.98. The summed E-state index contributed by atoms with van der Waals surface area (Å²) >= 11 is 0. The molecular weight excluding hydrogens is 354 g/mol. The predicted octanol–water partition coefficient (Wildman–Crippen LogP) is 2.12. The van der Waals surface area contributed by atoms with Gasteiger partial charge >= 0.3 is 0 Å². The van der Waals surface area contributed by atoms with Crippen LogP contribution < -0.4 is 10.6 Å². The van der Waals surface area contributed by atoms with E-state index in [0.29, 0.717) is 23.9 Å². The lowest BCUT2D eigenvalue weighted by Gasteiger charge is -2.33. The van der Waals surface area contributed by atoms with E-state index in [4.69, 9.17) is 10.7 Å². The molecule has 3 heterocycles. The molecular formula is C20H25N7O. The SMILES string of the molecule is Cc1cc(N2CCCC(Cn3cc(CN)nn3)C2)nc(-c2ccccc2O)n1. The zero-order valence-electron chi connectivity index (χ0n) is 16.0. The molecule has 2 aromatic heterocycles. The second-order valence-electron chi connectivity index (χ2n) is 7.30. The number of phenolic OH excluding ortho intramolecular Hbond substituents is 1. The van der Waals surface area contributed by atoms with Gasteiger partial charge in [0.05, 0.1) is 11.3 Å². The van der Waals surface area contributed by atoms with Crippen LogP contribution in [0.5, 0.6) is 5.75 Å². The van der Waals surface area contributed by atoms with E-state index in [0.717, 1.165) is 49.7 Å². The van der Waals surface area contributed by atoms with E-state index in [-0.39, 0.29) is 5.75 Å². The molecule has 3 N–H and O–H groups in total. The van der Waals surface area contributed by atoms with Gasteiger partial charge in [0, 0.05) is 44.1 Å². The minimum absolute atomic E-state index is 0.192. The van der Waals surface area contributed by atoms with Crippen LogP contribution in [0.15, 0.2) is 36.5 Å². The number of rotatable bonds is 5. The summed E-state index contributed by atoms with van der Waals surface area (Å²) < 4.78 is 1.88. The van der Waals surface area contributed by atoms with Crippen LogP contribution in [0.1, 0.15) is 24.2 Å². The molecule has 0 radical (unpaired) electrons. The van der Waals surface area contributed by atoms with Gasteiger partial charge in [-0.15, -0.1) is 5.10 Å². The average Bonchev–Trinajstić information content (AvgIpc) is 3.15. The van der Waals surface area contributed by atoms with Crippen molar-refractivity contribution in [3.05, 3.63) is 47.9 Å². The smallest absolute Gasteiger partial charge is 0.165 e. The Morgan fingerprint density at radius 1 is 1.25 bits per heavy atom. The molecule has 0 aliphatic carbocycles. The minimum Gasteiger partial charge on any atom is -0.507 e. The number of piperidine rings is 1. The third-order valence-corrected chi connectivity index (χ3v) is 5.07. The zero-order valence-corrected chi connectivity index (χ0v) is 16.0. The summed E-state index contributed by atoms with van der Waals surface area (Å²) in [6, 6.07) is 9.18. The van der Waals surface area contributed by atoms with Crippen LogP contribution in [-0.2, 0) is 13.1 Å². The Hall–Kier alpha value is -3.00. The summed E-state index contributed by atoms with van der Waals surface area (Å²) in [7, 11) is 0. The number of nitrogens with zero attached hydrogens (tertiary/aromatic N) is 6. The van der Waals surface area contributed by atoms with Crippen molar-refractivity contribution in [3.8, 4) is 17.1 Å². The molecule has 8 heteroatoms. The normalized spacial score (nSPS) is 17.1. The quantitative estimate of drug-likeness (QED) is 0.699. The molecule has 1 saturated heterocycles. The third kappa shape index (κ3) is 3.96. The molecule has 0 spiro atoms. The molecule has 1 aromatic carbocycles. The number of aromatic hydroxyl groups is 1. The molecule has 1 aliphatic rings. The van der Waals surface area contributed by atoms with Gasteiger partial charge in [-0.3, -0.25) is 4.68 Å². The molecule has 146 valence electrons. The Labute approximate surface area is 164 Å². The molecule has 0 saturated carbocycles. The number of nitrogens with two attached hydrogens (primary N) is 1. The van der Waals surface area contributed by atoms with Crippen molar-refractivity contribution in [2.75, 3.05) is 18.0 Å². The number of phenols is 1. The first-order chi connectivity index (χ1) is 13.6. The van der Waals surface area contributed by atoms with Crippen LogP contribution in [0.25, 0.3) is 11.4 Å². The van der Waals surface area contributed by atoms with Crippen molar-refractivity contribution >= 4 is 5.82 Å². The van der Waals surface area contributed by atoms with Gasteiger partial charge in [-0.1, -0.05) is 17.3 Å². The molecule has 0 amide bonds. The van der Waals surface area contributed by atoms with Crippen LogP contribution in [0.2, 0.25) is 0 Å². The topological polar surface area (TPSA) is 106 Å². The van der Waals surface area contributed by atoms with Crippen LogP contribution in [0, 0.1) is 12.8 Å². The van der Waals surface area contributed by atoms with Crippen molar-refractivity contribution in [1.82, 2.24) is 25.0 Å². The highest BCUT2D eigenvalue weighted by atomic mass is 16.3. The number of hydrogen-bond donors (Lipinski definition) is 2. The van der Waals surface area contributed by atoms with E-state index in [2.05, 4.69) is 20.2 Å². The van der Waals surface area contributed by atoms with E-state index in [1.807, 2.05) is 36.0 Å². The first-order valence-electron chi connectivity index (χ1n) is 9.60. The maximum atomic E-state index is 10.2. The second-order valence-corrected chi connectivity index (χ2v) is 7.30. The maximum Gasteiger partial charge on any atom is 0.165 e. The van der Waals surface area contributed by atoms with Crippen LogP contribution in [0.4, 0.5) is 5.82 Å². The highest BCUT2D eigenvalue weighted by Gasteiger charge is 2.23. The summed E-state index contributed by atoms with van der Waals surface area (Å²) in [5.74, 6) is 2.11.